The van der Waals surface area contributed by atoms with Crippen molar-refractivity contribution in [3.05, 3.63) is 50.3 Å². The summed E-state index contributed by atoms with van der Waals surface area (Å²) < 4.78 is 41.0. The van der Waals surface area contributed by atoms with E-state index in [2.05, 4.69) is 25.6 Å². The van der Waals surface area contributed by atoms with Gasteiger partial charge in [0.2, 0.25) is 0 Å². The number of sulfonamides is 1. The van der Waals surface area contributed by atoms with Gasteiger partial charge in [-0.05, 0) is 46.6 Å². The van der Waals surface area contributed by atoms with Crippen molar-refractivity contribution in [3.63, 3.8) is 0 Å². The van der Waals surface area contributed by atoms with Crippen LogP contribution in [0.2, 0.25) is 10.0 Å². The lowest BCUT2D eigenvalue weighted by Crippen LogP contribution is -2.15. The molecule has 0 amide bonds. The summed E-state index contributed by atoms with van der Waals surface area (Å²) in [5.74, 6) is -0.886. The summed E-state index contributed by atoms with van der Waals surface area (Å²) in [4.78, 5) is 3.51. The molecule has 0 aliphatic carbocycles. The molecule has 0 aliphatic rings. The summed E-state index contributed by atoms with van der Waals surface area (Å²) in [5.41, 5.74) is 0.788. The lowest BCUT2D eigenvalue weighted by molar-refractivity contribution is 0.595. The molecular weight excluding hydrogens is 406 g/mol. The third kappa shape index (κ3) is 3.48. The van der Waals surface area contributed by atoms with Crippen LogP contribution in [0.15, 0.2) is 33.8 Å². The maximum Gasteiger partial charge on any atom is 0.264 e. The van der Waals surface area contributed by atoms with Gasteiger partial charge >= 0.3 is 0 Å². The number of hydrogen-bond acceptors (Lipinski definition) is 3. The topological polar surface area (TPSA) is 59.1 Å². The number of rotatable bonds is 3. The SMILES string of the molecule is Cc1cc(NS(=O)(=O)c2ccc(Cl)c(F)c2Cl)ncc1Br. The Morgan fingerprint density at radius 1 is 1.33 bits per heavy atom. The summed E-state index contributed by atoms with van der Waals surface area (Å²) in [5, 5.41) is -0.819. The molecule has 9 heteroatoms. The molecule has 0 aliphatic heterocycles. The number of benzene rings is 1. The van der Waals surface area contributed by atoms with Crippen LogP contribution in [0.3, 0.4) is 0 Å². The van der Waals surface area contributed by atoms with Gasteiger partial charge in [-0.15, -0.1) is 0 Å². The van der Waals surface area contributed by atoms with Gasteiger partial charge in [-0.3, -0.25) is 4.72 Å². The molecule has 0 unspecified atom stereocenters. The Kier molecular flexibility index (Phi) is 4.77. The second-order valence-corrected chi connectivity index (χ2v) is 7.39. The van der Waals surface area contributed by atoms with Crippen molar-refractivity contribution in [1.82, 2.24) is 4.98 Å². The van der Waals surface area contributed by atoms with Gasteiger partial charge in [0.05, 0.1) is 10.0 Å². The average Bonchev–Trinajstić information content (AvgIpc) is 2.39. The van der Waals surface area contributed by atoms with E-state index in [1.807, 2.05) is 0 Å². The number of nitrogens with zero attached hydrogens (tertiary/aromatic N) is 1. The van der Waals surface area contributed by atoms with Crippen LogP contribution < -0.4 is 4.72 Å². The molecule has 1 aromatic heterocycles. The quantitative estimate of drug-likeness (QED) is 0.758. The number of anilines is 1. The van der Waals surface area contributed by atoms with Crippen LogP contribution in [0.1, 0.15) is 5.56 Å². The van der Waals surface area contributed by atoms with Gasteiger partial charge in [-0.1, -0.05) is 23.2 Å². The standard InChI is InChI=1S/C12H8BrCl2FN2O2S/c1-6-4-10(17-5-7(6)13)18-21(19,20)9-3-2-8(14)12(16)11(9)15/h2-5H,1H3,(H,17,18). The molecule has 21 heavy (non-hydrogen) atoms. The molecule has 1 heterocycles. The first kappa shape index (κ1) is 16.5. The van der Waals surface area contributed by atoms with Crippen molar-refractivity contribution >= 4 is 55.0 Å². The predicted octanol–water partition coefficient (Wildman–Crippen LogP) is 4.40. The Hall–Kier alpha value is -0.890. The molecule has 1 aromatic carbocycles. The molecule has 4 nitrogen and oxygen atoms in total. The minimum absolute atomic E-state index is 0.0992. The summed E-state index contributed by atoms with van der Waals surface area (Å²) in [7, 11) is -4.07. The summed E-state index contributed by atoms with van der Waals surface area (Å²) in [6.07, 6.45) is 1.46. The molecule has 0 atom stereocenters. The third-order valence-corrected chi connectivity index (χ3v) is 5.58. The van der Waals surface area contributed by atoms with Crippen molar-refractivity contribution in [2.75, 3.05) is 4.72 Å². The van der Waals surface area contributed by atoms with E-state index >= 15 is 0 Å². The molecule has 2 aromatic rings. The first-order valence-corrected chi connectivity index (χ1v) is 8.54. The summed E-state index contributed by atoms with van der Waals surface area (Å²) in [6.45, 7) is 1.78. The maximum absolute atomic E-state index is 13.6. The number of halogens is 4. The summed E-state index contributed by atoms with van der Waals surface area (Å²) in [6, 6.07) is 3.78. The lowest BCUT2D eigenvalue weighted by atomic mass is 10.3. The van der Waals surface area contributed by atoms with Crippen molar-refractivity contribution in [2.24, 2.45) is 0 Å². The molecule has 0 radical (unpaired) electrons. The molecule has 0 bridgehead atoms. The number of aryl methyl sites for hydroxylation is 1. The fourth-order valence-electron chi connectivity index (χ4n) is 1.50. The highest BCUT2D eigenvalue weighted by Crippen LogP contribution is 2.30. The van der Waals surface area contributed by atoms with Crippen LogP contribution >= 0.6 is 39.1 Å². The summed E-state index contributed by atoms with van der Waals surface area (Å²) >= 11 is 14.5. The van der Waals surface area contributed by atoms with E-state index in [-0.39, 0.29) is 10.8 Å². The van der Waals surface area contributed by atoms with E-state index in [1.54, 1.807) is 6.92 Å². The molecule has 2 rings (SSSR count). The lowest BCUT2D eigenvalue weighted by Gasteiger charge is -2.10. The third-order valence-electron chi connectivity index (χ3n) is 2.58. The van der Waals surface area contributed by atoms with Crippen molar-refractivity contribution in [3.8, 4) is 0 Å². The highest BCUT2D eigenvalue weighted by atomic mass is 79.9. The van der Waals surface area contributed by atoms with E-state index < -0.39 is 25.8 Å². The van der Waals surface area contributed by atoms with Crippen LogP contribution in [0.25, 0.3) is 0 Å². The van der Waals surface area contributed by atoms with E-state index in [1.165, 1.54) is 12.3 Å². The Balaban J connectivity index is 2.43. The largest absolute Gasteiger partial charge is 0.264 e. The molecule has 0 fully saturated rings. The molecule has 112 valence electrons. The second-order valence-electron chi connectivity index (χ2n) is 4.10. The van der Waals surface area contributed by atoms with E-state index in [9.17, 15) is 12.8 Å². The van der Waals surface area contributed by atoms with E-state index in [0.29, 0.717) is 0 Å². The zero-order chi connectivity index (χ0) is 15.8. The van der Waals surface area contributed by atoms with Crippen LogP contribution in [-0.2, 0) is 10.0 Å². The highest BCUT2D eigenvalue weighted by Gasteiger charge is 2.22. The Labute approximate surface area is 139 Å². The van der Waals surface area contributed by atoms with Gasteiger partial charge < -0.3 is 0 Å². The van der Waals surface area contributed by atoms with Gasteiger partial charge in [0, 0.05) is 10.7 Å². The number of hydrogen-bond donors (Lipinski definition) is 1. The normalized spacial score (nSPS) is 11.5. The molecule has 0 saturated carbocycles. The first-order chi connectivity index (χ1) is 9.72. The van der Waals surface area contributed by atoms with Gasteiger partial charge in [0.1, 0.15) is 10.7 Å². The Bertz CT molecular complexity index is 815. The number of aromatic nitrogens is 1. The predicted molar refractivity (Wildman–Crippen MR) is 83.9 cm³/mol. The maximum atomic E-state index is 13.6. The van der Waals surface area contributed by atoms with Crippen molar-refractivity contribution in [1.29, 1.82) is 0 Å². The van der Waals surface area contributed by atoms with E-state index in [4.69, 9.17) is 23.2 Å². The average molecular weight is 414 g/mol. The van der Waals surface area contributed by atoms with Crippen LogP contribution in [-0.4, -0.2) is 13.4 Å². The van der Waals surface area contributed by atoms with E-state index in [0.717, 1.165) is 22.2 Å². The Morgan fingerprint density at radius 2 is 2.00 bits per heavy atom. The van der Waals surface area contributed by atoms with Gasteiger partial charge in [-0.2, -0.15) is 0 Å². The molecular formula is C12H8BrCl2FN2O2S. The second kappa shape index (κ2) is 6.08. The number of nitrogens with one attached hydrogen (secondary N) is 1. The van der Waals surface area contributed by atoms with Crippen LogP contribution in [0.5, 0.6) is 0 Å². The highest BCUT2D eigenvalue weighted by molar-refractivity contribution is 9.10. The minimum atomic E-state index is -4.07. The van der Waals surface area contributed by atoms with Gasteiger partial charge in [0.15, 0.2) is 5.82 Å². The first-order valence-electron chi connectivity index (χ1n) is 5.51. The molecule has 0 spiro atoms. The fourth-order valence-corrected chi connectivity index (χ4v) is 3.47. The zero-order valence-corrected chi connectivity index (χ0v) is 14.4. The zero-order valence-electron chi connectivity index (χ0n) is 10.5. The van der Waals surface area contributed by atoms with Crippen LogP contribution in [0, 0.1) is 12.7 Å². The smallest absolute Gasteiger partial charge is 0.263 e. The van der Waals surface area contributed by atoms with Gasteiger partial charge in [0.25, 0.3) is 10.0 Å². The minimum Gasteiger partial charge on any atom is -0.263 e. The molecule has 0 saturated heterocycles. The van der Waals surface area contributed by atoms with Crippen LogP contribution in [0.4, 0.5) is 10.2 Å². The number of pyridine rings is 1. The van der Waals surface area contributed by atoms with Crippen molar-refractivity contribution in [2.45, 2.75) is 11.8 Å². The fraction of sp³-hybridized carbons (Fsp3) is 0.0833. The molecule has 1 N–H and O–H groups in total. The van der Waals surface area contributed by atoms with Gasteiger partial charge in [-0.25, -0.2) is 17.8 Å². The van der Waals surface area contributed by atoms with Crippen molar-refractivity contribution < 1.29 is 12.8 Å². The monoisotopic (exact) mass is 412 g/mol. The Morgan fingerprint density at radius 3 is 2.62 bits per heavy atom.